The Balaban J connectivity index is 1.97. The molecule has 0 fully saturated rings. The van der Waals surface area contributed by atoms with Crippen molar-refractivity contribution in [2.24, 2.45) is 0 Å². The van der Waals surface area contributed by atoms with Gasteiger partial charge in [0.25, 0.3) is 0 Å². The van der Waals surface area contributed by atoms with Gasteiger partial charge in [0.2, 0.25) is 0 Å². The monoisotopic (exact) mass is 376 g/mol. The normalized spacial score (nSPS) is 14.7. The molecule has 5 heteroatoms. The highest BCUT2D eigenvalue weighted by molar-refractivity contribution is 14.1. The van der Waals surface area contributed by atoms with Crippen molar-refractivity contribution in [2.75, 3.05) is 0 Å². The third-order valence-electron chi connectivity index (χ3n) is 3.45. The van der Waals surface area contributed by atoms with Crippen molar-refractivity contribution >= 4 is 28.2 Å². The highest BCUT2D eigenvalue weighted by Gasteiger charge is 2.16. The van der Waals surface area contributed by atoms with Gasteiger partial charge in [-0.2, -0.15) is 5.26 Å². The Bertz CT molecular complexity index is 692. The van der Waals surface area contributed by atoms with Crippen molar-refractivity contribution in [2.45, 2.75) is 25.7 Å². The van der Waals surface area contributed by atoms with Gasteiger partial charge in [0, 0.05) is 0 Å². The fourth-order valence-corrected chi connectivity index (χ4v) is 3.19. The summed E-state index contributed by atoms with van der Waals surface area (Å²) in [6.45, 7) is 0. The maximum atomic E-state index is 8.83. The average molecular weight is 376 g/mol. The Morgan fingerprint density at radius 1 is 1.20 bits per heavy atom. The number of rotatable bonds is 2. The lowest BCUT2D eigenvalue weighted by Gasteiger charge is -2.10. The number of allylic oxidation sites excluding steroid dienone is 2. The van der Waals surface area contributed by atoms with E-state index in [1.807, 2.05) is 16.8 Å². The van der Waals surface area contributed by atoms with Crippen LogP contribution in [0.4, 0.5) is 0 Å². The van der Waals surface area contributed by atoms with Gasteiger partial charge < -0.3 is 0 Å². The van der Waals surface area contributed by atoms with Gasteiger partial charge in [0.05, 0.1) is 17.3 Å². The number of benzene rings is 1. The zero-order chi connectivity index (χ0) is 13.9. The first-order chi connectivity index (χ1) is 9.79. The predicted octanol–water partition coefficient (Wildman–Crippen LogP) is 3.70. The molecule has 1 heterocycles. The molecular weight excluding hydrogens is 363 g/mol. The Morgan fingerprint density at radius 3 is 2.65 bits per heavy atom. The minimum absolute atomic E-state index is 0.652. The lowest BCUT2D eigenvalue weighted by Crippen LogP contribution is -2.00. The van der Waals surface area contributed by atoms with Crippen LogP contribution in [0.1, 0.15) is 36.9 Å². The summed E-state index contributed by atoms with van der Waals surface area (Å²) in [5.74, 6) is 0. The second-order valence-electron chi connectivity index (χ2n) is 4.77. The van der Waals surface area contributed by atoms with Gasteiger partial charge >= 0.3 is 0 Å². The van der Waals surface area contributed by atoms with Crippen molar-refractivity contribution < 1.29 is 0 Å². The summed E-state index contributed by atoms with van der Waals surface area (Å²) in [7, 11) is 0. The number of nitrogens with zero attached hydrogens (tertiary/aromatic N) is 4. The molecular formula is C15H13IN4. The van der Waals surface area contributed by atoms with E-state index in [2.05, 4.69) is 45.0 Å². The van der Waals surface area contributed by atoms with Crippen LogP contribution in [0.5, 0.6) is 0 Å². The first-order valence-electron chi connectivity index (χ1n) is 6.61. The first kappa shape index (κ1) is 13.3. The summed E-state index contributed by atoms with van der Waals surface area (Å²) < 4.78 is 2.85. The zero-order valence-electron chi connectivity index (χ0n) is 10.9. The van der Waals surface area contributed by atoms with Crippen molar-refractivity contribution in [3.8, 4) is 11.8 Å². The second-order valence-corrected chi connectivity index (χ2v) is 5.80. The van der Waals surface area contributed by atoms with E-state index in [0.29, 0.717) is 5.56 Å². The highest BCUT2D eigenvalue weighted by atomic mass is 127. The largest absolute Gasteiger partial charge is 0.207 e. The summed E-state index contributed by atoms with van der Waals surface area (Å²) >= 11 is 2.29. The molecule has 4 nitrogen and oxygen atoms in total. The van der Waals surface area contributed by atoms with Crippen molar-refractivity contribution in [3.63, 3.8) is 0 Å². The Hall–Kier alpha value is -1.68. The second kappa shape index (κ2) is 5.75. The van der Waals surface area contributed by atoms with Gasteiger partial charge in [0.15, 0.2) is 0 Å². The van der Waals surface area contributed by atoms with Crippen LogP contribution in [0.2, 0.25) is 0 Å². The van der Waals surface area contributed by atoms with Crippen LogP contribution in [0, 0.1) is 15.0 Å². The molecule has 2 aromatic rings. The molecule has 0 atom stereocenters. The average Bonchev–Trinajstić information content (AvgIpc) is 2.90. The molecule has 0 spiro atoms. The van der Waals surface area contributed by atoms with E-state index >= 15 is 0 Å². The molecule has 0 radical (unpaired) electrons. The minimum Gasteiger partial charge on any atom is -0.207 e. The fraction of sp³-hybridized carbons (Fsp3) is 0.267. The smallest absolute Gasteiger partial charge is 0.133 e. The van der Waals surface area contributed by atoms with E-state index in [9.17, 15) is 0 Å². The third kappa shape index (κ3) is 2.48. The molecule has 1 aromatic carbocycles. The standard InChI is InChI=1S/C15H13IN4/c16-15-14(12-4-2-1-3-5-12)18-19-20(15)13-8-6-11(10-17)7-9-13/h4,6-9H,1-3,5H2. The fourth-order valence-electron chi connectivity index (χ4n) is 2.36. The molecule has 0 aliphatic heterocycles. The van der Waals surface area contributed by atoms with Crippen LogP contribution in [0.15, 0.2) is 30.3 Å². The molecule has 0 saturated carbocycles. The highest BCUT2D eigenvalue weighted by Crippen LogP contribution is 2.29. The van der Waals surface area contributed by atoms with Crippen LogP contribution in [0.3, 0.4) is 0 Å². The maximum Gasteiger partial charge on any atom is 0.133 e. The van der Waals surface area contributed by atoms with Gasteiger partial charge in [-0.05, 0) is 78.1 Å². The summed E-state index contributed by atoms with van der Waals surface area (Å²) in [4.78, 5) is 0. The number of halogens is 1. The number of aromatic nitrogens is 3. The molecule has 0 amide bonds. The molecule has 100 valence electrons. The maximum absolute atomic E-state index is 8.83. The quantitative estimate of drug-likeness (QED) is 0.751. The van der Waals surface area contributed by atoms with Crippen molar-refractivity contribution in [1.82, 2.24) is 15.0 Å². The van der Waals surface area contributed by atoms with Gasteiger partial charge in [-0.1, -0.05) is 11.3 Å². The van der Waals surface area contributed by atoms with E-state index in [1.54, 1.807) is 12.1 Å². The Morgan fingerprint density at radius 2 is 2.00 bits per heavy atom. The minimum atomic E-state index is 0.652. The summed E-state index contributed by atoms with van der Waals surface area (Å²) in [6.07, 6.45) is 6.99. The molecule has 0 unspecified atom stereocenters. The van der Waals surface area contributed by atoms with Crippen LogP contribution in [0.25, 0.3) is 11.3 Å². The number of hydrogen-bond acceptors (Lipinski definition) is 3. The van der Waals surface area contributed by atoms with E-state index in [0.717, 1.165) is 27.9 Å². The van der Waals surface area contributed by atoms with Gasteiger partial charge in [-0.15, -0.1) is 5.10 Å². The van der Waals surface area contributed by atoms with Crippen LogP contribution in [-0.4, -0.2) is 15.0 Å². The molecule has 0 bridgehead atoms. The van der Waals surface area contributed by atoms with Crippen molar-refractivity contribution in [1.29, 1.82) is 5.26 Å². The SMILES string of the molecule is N#Cc1ccc(-n2nnc(C3=CCCCC3)c2I)cc1. The lowest BCUT2D eigenvalue weighted by molar-refractivity contribution is 0.738. The van der Waals surface area contributed by atoms with E-state index in [1.165, 1.54) is 18.4 Å². The van der Waals surface area contributed by atoms with E-state index < -0.39 is 0 Å². The summed E-state index contributed by atoms with van der Waals surface area (Å²) in [6, 6.07) is 9.51. The number of hydrogen-bond donors (Lipinski definition) is 0. The Labute approximate surface area is 131 Å². The topological polar surface area (TPSA) is 54.5 Å². The predicted molar refractivity (Wildman–Crippen MR) is 85.2 cm³/mol. The molecule has 1 aliphatic carbocycles. The van der Waals surface area contributed by atoms with E-state index in [4.69, 9.17) is 5.26 Å². The Kier molecular flexibility index (Phi) is 3.83. The first-order valence-corrected chi connectivity index (χ1v) is 7.68. The zero-order valence-corrected chi connectivity index (χ0v) is 13.0. The molecule has 0 N–H and O–H groups in total. The summed E-state index contributed by atoms with van der Waals surface area (Å²) in [5, 5.41) is 17.4. The number of nitriles is 1. The molecule has 1 aliphatic rings. The third-order valence-corrected chi connectivity index (χ3v) is 4.42. The lowest BCUT2D eigenvalue weighted by atomic mass is 9.98. The molecule has 1 aromatic heterocycles. The van der Waals surface area contributed by atoms with Crippen LogP contribution in [-0.2, 0) is 0 Å². The van der Waals surface area contributed by atoms with Crippen LogP contribution >= 0.6 is 22.6 Å². The van der Waals surface area contributed by atoms with Gasteiger partial charge in [-0.3, -0.25) is 0 Å². The molecule has 0 saturated heterocycles. The van der Waals surface area contributed by atoms with Gasteiger partial charge in [-0.25, -0.2) is 4.68 Å². The van der Waals surface area contributed by atoms with Crippen LogP contribution < -0.4 is 0 Å². The van der Waals surface area contributed by atoms with Gasteiger partial charge in [0.1, 0.15) is 9.39 Å². The molecule has 3 rings (SSSR count). The van der Waals surface area contributed by atoms with Crippen molar-refractivity contribution in [3.05, 3.63) is 45.3 Å². The molecule has 20 heavy (non-hydrogen) atoms. The van der Waals surface area contributed by atoms with E-state index in [-0.39, 0.29) is 0 Å². The summed E-state index contributed by atoms with van der Waals surface area (Å²) in [5.41, 5.74) is 3.89.